The molecule has 0 saturated carbocycles. The van der Waals surface area contributed by atoms with Crippen molar-refractivity contribution in [2.45, 2.75) is 51.7 Å². The molecule has 0 amide bonds. The van der Waals surface area contributed by atoms with E-state index in [1.165, 1.54) is 11.1 Å². The van der Waals surface area contributed by atoms with E-state index in [2.05, 4.69) is 57.2 Å². The minimum absolute atomic E-state index is 0.0936. The van der Waals surface area contributed by atoms with E-state index < -0.39 is 0 Å². The van der Waals surface area contributed by atoms with Gasteiger partial charge in [-0.2, -0.15) is 0 Å². The van der Waals surface area contributed by atoms with Gasteiger partial charge in [0.05, 0.1) is 11.7 Å². The number of benzene rings is 1. The average Bonchev–Trinajstić information content (AvgIpc) is 2.25. The normalized spacial score (nSPS) is 23.2. The van der Waals surface area contributed by atoms with Gasteiger partial charge in [-0.1, -0.05) is 42.0 Å². The Kier molecular flexibility index (Phi) is 3.68. The molecule has 0 spiro atoms. The zero-order chi connectivity index (χ0) is 12.3. The maximum absolute atomic E-state index is 6.09. The van der Waals surface area contributed by atoms with Crippen molar-refractivity contribution in [2.75, 3.05) is 0 Å². The van der Waals surface area contributed by atoms with E-state index in [4.69, 9.17) is 4.74 Å². The fraction of sp³-hybridized carbons (Fsp3) is 0.500. The molecule has 1 atom stereocenters. The standard InChI is InChI=1S/C16H22O/c1-13-11-15(17-16(2,3)12-13)10-9-14-7-5-4-6-8-14/h4-8,12,15H,9-11H2,1-3H3. The lowest BCUT2D eigenvalue weighted by atomic mass is 9.94. The van der Waals surface area contributed by atoms with E-state index in [0.717, 1.165) is 19.3 Å². The predicted octanol–water partition coefficient (Wildman–Crippen LogP) is 4.13. The molecule has 0 bridgehead atoms. The average molecular weight is 230 g/mol. The Morgan fingerprint density at radius 3 is 2.59 bits per heavy atom. The Morgan fingerprint density at radius 1 is 1.24 bits per heavy atom. The molecule has 0 aromatic heterocycles. The lowest BCUT2D eigenvalue weighted by Gasteiger charge is -2.34. The van der Waals surface area contributed by atoms with Crippen LogP contribution < -0.4 is 0 Å². The van der Waals surface area contributed by atoms with Gasteiger partial charge >= 0.3 is 0 Å². The van der Waals surface area contributed by atoms with Crippen LogP contribution in [0.2, 0.25) is 0 Å². The van der Waals surface area contributed by atoms with Crippen LogP contribution in [-0.4, -0.2) is 11.7 Å². The van der Waals surface area contributed by atoms with Crippen molar-refractivity contribution < 1.29 is 4.74 Å². The first-order chi connectivity index (χ1) is 8.05. The first-order valence-corrected chi connectivity index (χ1v) is 6.45. The van der Waals surface area contributed by atoms with Crippen molar-refractivity contribution in [2.24, 2.45) is 0 Å². The first kappa shape index (κ1) is 12.4. The highest BCUT2D eigenvalue weighted by Crippen LogP contribution is 2.28. The van der Waals surface area contributed by atoms with Gasteiger partial charge in [0.1, 0.15) is 0 Å². The fourth-order valence-corrected chi connectivity index (χ4v) is 2.65. The Bertz CT molecular complexity index is 389. The molecule has 1 nitrogen and oxygen atoms in total. The molecule has 92 valence electrons. The van der Waals surface area contributed by atoms with Gasteiger partial charge in [0, 0.05) is 0 Å². The van der Waals surface area contributed by atoms with Gasteiger partial charge in [0.25, 0.3) is 0 Å². The van der Waals surface area contributed by atoms with Crippen LogP contribution in [0.5, 0.6) is 0 Å². The smallest absolute Gasteiger partial charge is 0.0812 e. The van der Waals surface area contributed by atoms with Gasteiger partial charge in [-0.05, 0) is 45.6 Å². The Hall–Kier alpha value is -1.08. The van der Waals surface area contributed by atoms with E-state index in [1.54, 1.807) is 0 Å². The largest absolute Gasteiger partial charge is 0.368 e. The fourth-order valence-electron chi connectivity index (χ4n) is 2.65. The Morgan fingerprint density at radius 2 is 1.94 bits per heavy atom. The molecule has 17 heavy (non-hydrogen) atoms. The van der Waals surface area contributed by atoms with Crippen LogP contribution in [0.15, 0.2) is 42.0 Å². The van der Waals surface area contributed by atoms with Crippen LogP contribution in [0.4, 0.5) is 0 Å². The van der Waals surface area contributed by atoms with Gasteiger partial charge in [-0.3, -0.25) is 0 Å². The van der Waals surface area contributed by atoms with Crippen molar-refractivity contribution in [1.82, 2.24) is 0 Å². The van der Waals surface area contributed by atoms with Crippen LogP contribution in [0.25, 0.3) is 0 Å². The van der Waals surface area contributed by atoms with E-state index >= 15 is 0 Å². The molecule has 0 radical (unpaired) electrons. The lowest BCUT2D eigenvalue weighted by Crippen LogP contribution is -2.33. The molecule has 1 unspecified atom stereocenters. The van der Waals surface area contributed by atoms with Crippen molar-refractivity contribution in [1.29, 1.82) is 0 Å². The molecule has 1 aliphatic heterocycles. The van der Waals surface area contributed by atoms with Crippen LogP contribution >= 0.6 is 0 Å². The van der Waals surface area contributed by atoms with Crippen molar-refractivity contribution in [3.05, 3.63) is 47.5 Å². The minimum atomic E-state index is -0.0936. The summed E-state index contributed by atoms with van der Waals surface area (Å²) in [4.78, 5) is 0. The van der Waals surface area contributed by atoms with E-state index in [0.29, 0.717) is 6.10 Å². The van der Waals surface area contributed by atoms with E-state index in [1.807, 2.05) is 0 Å². The van der Waals surface area contributed by atoms with Gasteiger partial charge in [-0.15, -0.1) is 0 Å². The first-order valence-electron chi connectivity index (χ1n) is 6.45. The number of aryl methyl sites for hydroxylation is 1. The maximum atomic E-state index is 6.09. The third kappa shape index (κ3) is 3.71. The molecule has 2 rings (SSSR count). The second kappa shape index (κ2) is 5.05. The highest BCUT2D eigenvalue weighted by atomic mass is 16.5. The van der Waals surface area contributed by atoms with Crippen molar-refractivity contribution in [3.63, 3.8) is 0 Å². The molecule has 0 aliphatic carbocycles. The Balaban J connectivity index is 1.91. The molecule has 1 aromatic carbocycles. The summed E-state index contributed by atoms with van der Waals surface area (Å²) < 4.78 is 6.09. The topological polar surface area (TPSA) is 9.23 Å². The second-order valence-corrected chi connectivity index (χ2v) is 5.56. The molecule has 1 heterocycles. The third-order valence-corrected chi connectivity index (χ3v) is 3.21. The highest BCUT2D eigenvalue weighted by molar-refractivity contribution is 5.16. The number of rotatable bonds is 3. The summed E-state index contributed by atoms with van der Waals surface area (Å²) >= 11 is 0. The monoisotopic (exact) mass is 230 g/mol. The zero-order valence-electron chi connectivity index (χ0n) is 11.1. The summed E-state index contributed by atoms with van der Waals surface area (Å²) in [5.41, 5.74) is 2.77. The SMILES string of the molecule is CC1=CC(C)(C)OC(CCc2ccccc2)C1. The van der Waals surface area contributed by atoms with Crippen LogP contribution in [0.1, 0.15) is 39.2 Å². The Labute approximate surface area is 104 Å². The molecule has 1 aliphatic rings. The van der Waals surface area contributed by atoms with Crippen molar-refractivity contribution >= 4 is 0 Å². The lowest BCUT2D eigenvalue weighted by molar-refractivity contribution is -0.0540. The van der Waals surface area contributed by atoms with Crippen LogP contribution in [-0.2, 0) is 11.2 Å². The van der Waals surface area contributed by atoms with E-state index in [9.17, 15) is 0 Å². The third-order valence-electron chi connectivity index (χ3n) is 3.21. The minimum Gasteiger partial charge on any atom is -0.368 e. The van der Waals surface area contributed by atoms with Gasteiger partial charge in [0.2, 0.25) is 0 Å². The number of hydrogen-bond donors (Lipinski definition) is 0. The van der Waals surface area contributed by atoms with Gasteiger partial charge in [-0.25, -0.2) is 0 Å². The zero-order valence-corrected chi connectivity index (χ0v) is 11.1. The second-order valence-electron chi connectivity index (χ2n) is 5.56. The number of hydrogen-bond acceptors (Lipinski definition) is 1. The molecule has 0 N–H and O–H groups in total. The van der Waals surface area contributed by atoms with Crippen molar-refractivity contribution in [3.8, 4) is 0 Å². The van der Waals surface area contributed by atoms with Gasteiger partial charge < -0.3 is 4.74 Å². The molecule has 1 heteroatoms. The number of ether oxygens (including phenoxy) is 1. The summed E-state index contributed by atoms with van der Waals surface area (Å²) in [5, 5.41) is 0. The van der Waals surface area contributed by atoms with Crippen LogP contribution in [0, 0.1) is 0 Å². The summed E-state index contributed by atoms with van der Waals surface area (Å²) in [6, 6.07) is 10.7. The summed E-state index contributed by atoms with van der Waals surface area (Å²) in [6.07, 6.45) is 5.91. The van der Waals surface area contributed by atoms with Crippen LogP contribution in [0.3, 0.4) is 0 Å². The molecule has 0 saturated heterocycles. The summed E-state index contributed by atoms with van der Waals surface area (Å²) in [7, 11) is 0. The molecule has 1 aromatic rings. The summed E-state index contributed by atoms with van der Waals surface area (Å²) in [5.74, 6) is 0. The molecular formula is C16H22O. The van der Waals surface area contributed by atoms with Gasteiger partial charge in [0.15, 0.2) is 0 Å². The maximum Gasteiger partial charge on any atom is 0.0812 e. The summed E-state index contributed by atoms with van der Waals surface area (Å²) in [6.45, 7) is 6.50. The predicted molar refractivity (Wildman–Crippen MR) is 72.1 cm³/mol. The quantitative estimate of drug-likeness (QED) is 0.709. The highest BCUT2D eigenvalue weighted by Gasteiger charge is 2.26. The van der Waals surface area contributed by atoms with E-state index in [-0.39, 0.29) is 5.60 Å². The molecule has 0 fully saturated rings. The molecular weight excluding hydrogens is 208 g/mol.